The molecule has 0 atom stereocenters. The summed E-state index contributed by atoms with van der Waals surface area (Å²) in [6.45, 7) is 2.98. The van der Waals surface area contributed by atoms with Gasteiger partial charge in [0, 0.05) is 37.2 Å². The zero-order chi connectivity index (χ0) is 22.5. The van der Waals surface area contributed by atoms with Crippen LogP contribution in [-0.4, -0.2) is 46.0 Å². The molecule has 0 unspecified atom stereocenters. The van der Waals surface area contributed by atoms with Gasteiger partial charge >= 0.3 is 0 Å². The van der Waals surface area contributed by atoms with Crippen LogP contribution in [0.15, 0.2) is 53.1 Å². The number of aryl methyl sites for hydroxylation is 1. The van der Waals surface area contributed by atoms with Crippen molar-refractivity contribution in [1.29, 1.82) is 0 Å². The SMILES string of the molecule is Cc1nc(COc2ccc(C(=O)N3CCC(NC(=O)c4ccc(F)cc4)CC3)cc2)no1. The van der Waals surface area contributed by atoms with Gasteiger partial charge in [0.05, 0.1) is 0 Å². The van der Waals surface area contributed by atoms with Gasteiger partial charge in [0.15, 0.2) is 6.61 Å². The molecular weight excluding hydrogens is 415 g/mol. The first-order valence-electron chi connectivity index (χ1n) is 10.4. The summed E-state index contributed by atoms with van der Waals surface area (Å²) in [4.78, 5) is 31.0. The molecule has 1 fully saturated rings. The number of rotatable bonds is 6. The van der Waals surface area contributed by atoms with Gasteiger partial charge in [0.25, 0.3) is 11.8 Å². The van der Waals surface area contributed by atoms with Crippen LogP contribution >= 0.6 is 0 Å². The number of piperidine rings is 1. The summed E-state index contributed by atoms with van der Waals surface area (Å²) in [6, 6.07) is 12.3. The van der Waals surface area contributed by atoms with E-state index in [9.17, 15) is 14.0 Å². The summed E-state index contributed by atoms with van der Waals surface area (Å²) in [7, 11) is 0. The lowest BCUT2D eigenvalue weighted by Crippen LogP contribution is -2.46. The first kappa shape index (κ1) is 21.5. The van der Waals surface area contributed by atoms with Crippen LogP contribution in [0.3, 0.4) is 0 Å². The Balaban J connectivity index is 1.25. The van der Waals surface area contributed by atoms with E-state index in [-0.39, 0.29) is 30.3 Å². The van der Waals surface area contributed by atoms with Gasteiger partial charge in [-0.3, -0.25) is 9.59 Å². The molecule has 1 aliphatic rings. The van der Waals surface area contributed by atoms with Gasteiger partial charge in [-0.1, -0.05) is 5.16 Å². The number of nitrogens with one attached hydrogen (secondary N) is 1. The second-order valence-corrected chi connectivity index (χ2v) is 7.59. The highest BCUT2D eigenvalue weighted by atomic mass is 19.1. The van der Waals surface area contributed by atoms with E-state index in [0.29, 0.717) is 54.5 Å². The molecule has 166 valence electrons. The van der Waals surface area contributed by atoms with Gasteiger partial charge in [-0.15, -0.1) is 0 Å². The van der Waals surface area contributed by atoms with Crippen molar-refractivity contribution in [3.63, 3.8) is 0 Å². The standard InChI is InChI=1S/C23H23FN4O4/c1-15-25-21(27-32-15)14-31-20-8-4-17(5-9-20)23(30)28-12-10-19(11-13-28)26-22(29)16-2-6-18(24)7-3-16/h2-9,19H,10-14H2,1H3,(H,26,29). The number of benzene rings is 2. The predicted octanol–water partition coefficient (Wildman–Crippen LogP) is 3.13. The molecule has 8 nitrogen and oxygen atoms in total. The van der Waals surface area contributed by atoms with Crippen molar-refractivity contribution in [2.24, 2.45) is 0 Å². The number of aromatic nitrogens is 2. The normalized spacial score (nSPS) is 14.2. The predicted molar refractivity (Wildman–Crippen MR) is 113 cm³/mol. The number of carbonyl (C=O) groups excluding carboxylic acids is 2. The molecule has 0 spiro atoms. The number of amides is 2. The molecule has 9 heteroatoms. The maximum atomic E-state index is 13.0. The Kier molecular flexibility index (Phi) is 6.44. The van der Waals surface area contributed by atoms with Crippen LogP contribution < -0.4 is 10.1 Å². The molecule has 2 amide bonds. The van der Waals surface area contributed by atoms with Gasteiger partial charge in [0.1, 0.15) is 11.6 Å². The molecule has 1 N–H and O–H groups in total. The summed E-state index contributed by atoms with van der Waals surface area (Å²) < 4.78 is 23.5. The highest BCUT2D eigenvalue weighted by molar-refractivity contribution is 5.95. The molecule has 4 rings (SSSR count). The van der Waals surface area contributed by atoms with Crippen molar-refractivity contribution < 1.29 is 23.2 Å². The molecule has 2 aromatic carbocycles. The van der Waals surface area contributed by atoms with Crippen LogP contribution in [-0.2, 0) is 6.61 Å². The minimum absolute atomic E-state index is 0.0267. The third-order valence-electron chi connectivity index (χ3n) is 5.26. The lowest BCUT2D eigenvalue weighted by molar-refractivity contribution is 0.0698. The Labute approximate surface area is 184 Å². The highest BCUT2D eigenvalue weighted by Crippen LogP contribution is 2.18. The molecule has 0 aliphatic carbocycles. The summed E-state index contributed by atoms with van der Waals surface area (Å²) in [5.41, 5.74) is 0.989. The molecule has 1 aliphatic heterocycles. The number of halogens is 1. The monoisotopic (exact) mass is 438 g/mol. The molecule has 0 bridgehead atoms. The topological polar surface area (TPSA) is 97.6 Å². The van der Waals surface area contributed by atoms with Crippen molar-refractivity contribution in [2.45, 2.75) is 32.4 Å². The van der Waals surface area contributed by atoms with Gasteiger partial charge in [-0.25, -0.2) is 4.39 Å². The van der Waals surface area contributed by atoms with E-state index in [2.05, 4.69) is 15.5 Å². The molecule has 32 heavy (non-hydrogen) atoms. The number of hydrogen-bond acceptors (Lipinski definition) is 6. The average Bonchev–Trinajstić information content (AvgIpc) is 3.23. The van der Waals surface area contributed by atoms with Crippen molar-refractivity contribution in [3.05, 3.63) is 77.2 Å². The highest BCUT2D eigenvalue weighted by Gasteiger charge is 2.25. The van der Waals surface area contributed by atoms with Gasteiger partial charge in [-0.2, -0.15) is 4.98 Å². The minimum atomic E-state index is -0.380. The van der Waals surface area contributed by atoms with Crippen LogP contribution in [0.4, 0.5) is 4.39 Å². The van der Waals surface area contributed by atoms with Crippen molar-refractivity contribution >= 4 is 11.8 Å². The first-order valence-corrected chi connectivity index (χ1v) is 10.4. The summed E-state index contributed by atoms with van der Waals surface area (Å²) in [6.07, 6.45) is 1.31. The Morgan fingerprint density at radius 2 is 1.75 bits per heavy atom. The summed E-state index contributed by atoms with van der Waals surface area (Å²) in [5, 5.41) is 6.73. The number of likely N-dealkylation sites (tertiary alicyclic amines) is 1. The first-order chi connectivity index (χ1) is 15.5. The fourth-order valence-corrected chi connectivity index (χ4v) is 3.52. The summed E-state index contributed by atoms with van der Waals surface area (Å²) >= 11 is 0. The Morgan fingerprint density at radius 1 is 1.09 bits per heavy atom. The third-order valence-corrected chi connectivity index (χ3v) is 5.26. The maximum absolute atomic E-state index is 13.0. The number of ether oxygens (including phenoxy) is 1. The minimum Gasteiger partial charge on any atom is -0.485 e. The van der Waals surface area contributed by atoms with Crippen molar-refractivity contribution in [1.82, 2.24) is 20.4 Å². The fourth-order valence-electron chi connectivity index (χ4n) is 3.52. The van der Waals surface area contributed by atoms with Crippen LogP contribution in [0.5, 0.6) is 5.75 Å². The Hall–Kier alpha value is -3.75. The smallest absolute Gasteiger partial charge is 0.253 e. The molecule has 0 radical (unpaired) electrons. The van der Waals surface area contributed by atoms with E-state index in [0.717, 1.165) is 0 Å². The number of hydrogen-bond donors (Lipinski definition) is 1. The van der Waals surface area contributed by atoms with E-state index >= 15 is 0 Å². The van der Waals surface area contributed by atoms with E-state index in [1.54, 1.807) is 36.1 Å². The van der Waals surface area contributed by atoms with E-state index < -0.39 is 0 Å². The second kappa shape index (κ2) is 9.59. The Morgan fingerprint density at radius 3 is 2.38 bits per heavy atom. The maximum Gasteiger partial charge on any atom is 0.253 e. The quantitative estimate of drug-likeness (QED) is 0.635. The number of nitrogens with zero attached hydrogens (tertiary/aromatic N) is 3. The zero-order valence-corrected chi connectivity index (χ0v) is 17.6. The van der Waals surface area contributed by atoms with E-state index in [1.165, 1.54) is 24.3 Å². The molecule has 3 aromatic rings. The second-order valence-electron chi connectivity index (χ2n) is 7.59. The van der Waals surface area contributed by atoms with Gasteiger partial charge in [0.2, 0.25) is 11.7 Å². The van der Waals surface area contributed by atoms with Gasteiger partial charge < -0.3 is 19.5 Å². The summed E-state index contributed by atoms with van der Waals surface area (Å²) in [5.74, 6) is 0.858. The van der Waals surface area contributed by atoms with Crippen LogP contribution in [0.25, 0.3) is 0 Å². The molecule has 1 saturated heterocycles. The fraction of sp³-hybridized carbons (Fsp3) is 0.304. The largest absolute Gasteiger partial charge is 0.485 e. The third kappa shape index (κ3) is 5.29. The number of carbonyl (C=O) groups is 2. The van der Waals surface area contributed by atoms with E-state index in [1.807, 2.05) is 0 Å². The van der Waals surface area contributed by atoms with Gasteiger partial charge in [-0.05, 0) is 61.4 Å². The lowest BCUT2D eigenvalue weighted by Gasteiger charge is -2.32. The van der Waals surface area contributed by atoms with Crippen LogP contribution in [0.2, 0.25) is 0 Å². The average molecular weight is 438 g/mol. The molecule has 0 saturated carbocycles. The molecule has 1 aromatic heterocycles. The van der Waals surface area contributed by atoms with Crippen LogP contribution in [0, 0.1) is 12.7 Å². The van der Waals surface area contributed by atoms with E-state index in [4.69, 9.17) is 9.26 Å². The van der Waals surface area contributed by atoms with Crippen LogP contribution in [0.1, 0.15) is 45.3 Å². The Bertz CT molecular complexity index is 1070. The lowest BCUT2D eigenvalue weighted by atomic mass is 10.0. The van der Waals surface area contributed by atoms with Crippen molar-refractivity contribution in [2.75, 3.05) is 13.1 Å². The molecule has 2 heterocycles. The van der Waals surface area contributed by atoms with Crippen molar-refractivity contribution in [3.8, 4) is 5.75 Å². The zero-order valence-electron chi connectivity index (χ0n) is 17.6. The molecular formula is C23H23FN4O4.